The summed E-state index contributed by atoms with van der Waals surface area (Å²) in [4.78, 5) is 21.3. The van der Waals surface area contributed by atoms with Crippen LogP contribution in [0.3, 0.4) is 0 Å². The summed E-state index contributed by atoms with van der Waals surface area (Å²) in [6.45, 7) is 1.18. The third-order valence-electron chi connectivity index (χ3n) is 4.87. The predicted octanol–water partition coefficient (Wildman–Crippen LogP) is 4.01. The number of amides is 1. The number of ether oxygens (including phenoxy) is 1. The molecule has 3 aromatic rings. The summed E-state index contributed by atoms with van der Waals surface area (Å²) in [6, 6.07) is 10.2. The number of carbonyl (C=O) groups excluding carboxylic acids is 1. The molecule has 180 valence electrons. The first-order valence-corrected chi connectivity index (χ1v) is 12.5. The van der Waals surface area contributed by atoms with Gasteiger partial charge in [0.05, 0.1) is 22.5 Å². The van der Waals surface area contributed by atoms with Crippen LogP contribution in [0.2, 0.25) is 0 Å². The first kappa shape index (κ1) is 27.0. The molecule has 33 heavy (non-hydrogen) atoms. The first-order valence-electron chi connectivity index (χ1n) is 10.1. The summed E-state index contributed by atoms with van der Waals surface area (Å²) in [5, 5.41) is 0.507. The van der Waals surface area contributed by atoms with Gasteiger partial charge in [-0.25, -0.2) is 17.8 Å². The topological polar surface area (TPSA) is 79.8 Å². The molecule has 3 rings (SSSR count). The number of sulfone groups is 1. The molecule has 0 atom stereocenters. The average molecular weight is 516 g/mol. The highest BCUT2D eigenvalue weighted by Crippen LogP contribution is 2.34. The van der Waals surface area contributed by atoms with E-state index in [4.69, 9.17) is 4.74 Å². The molecule has 0 radical (unpaired) electrons. The molecule has 0 aliphatic heterocycles. The number of fused-ring (bicyclic) bond motifs is 1. The highest BCUT2D eigenvalue weighted by molar-refractivity contribution is 7.91. The summed E-state index contributed by atoms with van der Waals surface area (Å²) < 4.78 is 44.6. The van der Waals surface area contributed by atoms with E-state index < -0.39 is 15.7 Å². The lowest BCUT2D eigenvalue weighted by molar-refractivity contribution is -0.118. The lowest BCUT2D eigenvalue weighted by atomic mass is 10.3. The van der Waals surface area contributed by atoms with Gasteiger partial charge in [-0.1, -0.05) is 17.4 Å². The Balaban J connectivity index is 0.00000385. The first-order chi connectivity index (χ1) is 15.2. The molecule has 0 unspecified atom stereocenters. The molecule has 0 saturated carbocycles. The number of halogens is 2. The van der Waals surface area contributed by atoms with Gasteiger partial charge in [0.2, 0.25) is 5.91 Å². The maximum atomic E-state index is 13.1. The molecule has 0 bridgehead atoms. The van der Waals surface area contributed by atoms with Crippen LogP contribution in [-0.4, -0.2) is 64.3 Å². The van der Waals surface area contributed by atoms with Gasteiger partial charge in [-0.3, -0.25) is 9.69 Å². The van der Waals surface area contributed by atoms with Crippen molar-refractivity contribution < 1.29 is 22.3 Å². The van der Waals surface area contributed by atoms with Gasteiger partial charge in [-0.05, 0) is 63.5 Å². The zero-order chi connectivity index (χ0) is 23.3. The number of anilines is 1. The number of methoxy groups -OCH3 is 1. The Hall–Kier alpha value is -2.27. The van der Waals surface area contributed by atoms with Gasteiger partial charge >= 0.3 is 0 Å². The minimum absolute atomic E-state index is 0. The Kier molecular flexibility index (Phi) is 9.59. The van der Waals surface area contributed by atoms with Gasteiger partial charge in [0.25, 0.3) is 0 Å². The number of hydrogen-bond donors (Lipinski definition) is 0. The zero-order valence-electron chi connectivity index (χ0n) is 18.7. The van der Waals surface area contributed by atoms with Gasteiger partial charge in [0.1, 0.15) is 17.1 Å². The summed E-state index contributed by atoms with van der Waals surface area (Å²) in [5.74, 6) is -0.592. The van der Waals surface area contributed by atoms with E-state index in [1.165, 1.54) is 23.5 Å². The summed E-state index contributed by atoms with van der Waals surface area (Å²) in [6.07, 6.45) is 0.505. The molecule has 0 N–H and O–H groups in total. The molecule has 1 amide bonds. The number of nitrogens with zero attached hydrogens (tertiary/aromatic N) is 3. The maximum absolute atomic E-state index is 13.1. The average Bonchev–Trinajstić information content (AvgIpc) is 3.19. The predicted molar refractivity (Wildman–Crippen MR) is 132 cm³/mol. The molecule has 0 aliphatic rings. The van der Waals surface area contributed by atoms with E-state index in [-0.39, 0.29) is 35.4 Å². The largest absolute Gasteiger partial charge is 0.494 e. The number of carbonyl (C=O) groups is 1. The lowest BCUT2D eigenvalue weighted by Gasteiger charge is -2.21. The normalized spacial score (nSPS) is 11.4. The highest BCUT2D eigenvalue weighted by Gasteiger charge is 2.24. The Bertz CT molecular complexity index is 1180. The Morgan fingerprint density at radius 2 is 1.82 bits per heavy atom. The van der Waals surface area contributed by atoms with E-state index in [0.717, 1.165) is 23.4 Å². The number of hydrogen-bond acceptors (Lipinski definition) is 7. The maximum Gasteiger partial charge on any atom is 0.229 e. The van der Waals surface area contributed by atoms with Crippen LogP contribution in [0.1, 0.15) is 12.8 Å². The minimum atomic E-state index is -3.72. The lowest BCUT2D eigenvalue weighted by Crippen LogP contribution is -2.34. The molecule has 0 fully saturated rings. The zero-order valence-corrected chi connectivity index (χ0v) is 21.1. The van der Waals surface area contributed by atoms with Crippen molar-refractivity contribution in [1.82, 2.24) is 9.88 Å². The van der Waals surface area contributed by atoms with Gasteiger partial charge < -0.3 is 9.64 Å². The van der Waals surface area contributed by atoms with Crippen LogP contribution in [0.4, 0.5) is 9.52 Å². The van der Waals surface area contributed by atoms with Crippen molar-refractivity contribution in [2.24, 2.45) is 0 Å². The van der Waals surface area contributed by atoms with E-state index in [2.05, 4.69) is 4.98 Å². The Morgan fingerprint density at radius 3 is 2.45 bits per heavy atom. The van der Waals surface area contributed by atoms with Crippen molar-refractivity contribution >= 4 is 54.8 Å². The van der Waals surface area contributed by atoms with Crippen LogP contribution in [0.15, 0.2) is 47.4 Å². The molecular weight excluding hydrogens is 489 g/mol. The fourth-order valence-electron chi connectivity index (χ4n) is 3.18. The molecule has 1 heterocycles. The quantitative estimate of drug-likeness (QED) is 0.379. The van der Waals surface area contributed by atoms with Gasteiger partial charge in [0.15, 0.2) is 15.0 Å². The standard InChI is InChI=1S/C22H26FN3O4S2.ClH/c1-25(2)13-5-14-26(22-24-21-18(30-3)6-4-7-19(21)31-22)20(27)12-15-32(28,29)17-10-8-16(23)9-11-17;/h4,6-11H,5,12-15H2,1-3H3;1H. The second-order valence-corrected chi connectivity index (χ2v) is 10.6. The van der Waals surface area contributed by atoms with Crippen LogP contribution in [0, 0.1) is 5.82 Å². The minimum Gasteiger partial charge on any atom is -0.494 e. The van der Waals surface area contributed by atoms with Crippen LogP contribution in [0.5, 0.6) is 5.75 Å². The monoisotopic (exact) mass is 515 g/mol. The van der Waals surface area contributed by atoms with Gasteiger partial charge in [0, 0.05) is 13.0 Å². The molecule has 1 aromatic heterocycles. The van der Waals surface area contributed by atoms with Crippen LogP contribution < -0.4 is 9.64 Å². The van der Waals surface area contributed by atoms with Gasteiger partial charge in [-0.15, -0.1) is 12.4 Å². The van der Waals surface area contributed by atoms with E-state index in [1.54, 1.807) is 18.1 Å². The fraction of sp³-hybridized carbons (Fsp3) is 0.364. The number of aromatic nitrogens is 1. The number of thiazole rings is 1. The molecule has 11 heteroatoms. The summed E-state index contributed by atoms with van der Waals surface area (Å²) in [5.41, 5.74) is 0.666. The molecular formula is C22H27ClFN3O4S2. The van der Waals surface area contributed by atoms with Crippen LogP contribution >= 0.6 is 23.7 Å². The van der Waals surface area contributed by atoms with E-state index in [0.29, 0.717) is 29.4 Å². The Morgan fingerprint density at radius 1 is 1.12 bits per heavy atom. The van der Waals surface area contributed by atoms with Crippen molar-refractivity contribution in [3.8, 4) is 5.75 Å². The van der Waals surface area contributed by atoms with E-state index in [1.807, 2.05) is 31.1 Å². The number of rotatable bonds is 10. The smallest absolute Gasteiger partial charge is 0.229 e. The van der Waals surface area contributed by atoms with Gasteiger partial charge in [-0.2, -0.15) is 0 Å². The second kappa shape index (κ2) is 11.7. The van der Waals surface area contributed by atoms with Crippen LogP contribution in [0.25, 0.3) is 10.2 Å². The Labute approximate surface area is 203 Å². The SMILES string of the molecule is COc1cccc2sc(N(CCCN(C)C)C(=O)CCS(=O)(=O)c3ccc(F)cc3)nc12.Cl. The van der Waals surface area contributed by atoms with Crippen molar-refractivity contribution in [3.05, 3.63) is 48.3 Å². The third-order valence-corrected chi connectivity index (χ3v) is 7.64. The third kappa shape index (κ3) is 6.86. The van der Waals surface area contributed by atoms with Crippen molar-refractivity contribution in [2.45, 2.75) is 17.7 Å². The summed E-state index contributed by atoms with van der Waals surface area (Å²) >= 11 is 1.36. The second-order valence-electron chi connectivity index (χ2n) is 7.53. The van der Waals surface area contributed by atoms with E-state index in [9.17, 15) is 17.6 Å². The van der Waals surface area contributed by atoms with Crippen molar-refractivity contribution in [1.29, 1.82) is 0 Å². The van der Waals surface area contributed by atoms with Crippen molar-refractivity contribution in [3.63, 3.8) is 0 Å². The summed E-state index contributed by atoms with van der Waals surface area (Å²) in [7, 11) is 1.74. The number of benzene rings is 2. The highest BCUT2D eigenvalue weighted by atomic mass is 35.5. The number of para-hydroxylation sites is 1. The molecule has 0 saturated heterocycles. The van der Waals surface area contributed by atoms with Crippen molar-refractivity contribution in [2.75, 3.05) is 44.9 Å². The molecule has 0 spiro atoms. The van der Waals surface area contributed by atoms with Crippen LogP contribution in [-0.2, 0) is 14.6 Å². The fourth-order valence-corrected chi connectivity index (χ4v) is 5.44. The van der Waals surface area contributed by atoms with E-state index >= 15 is 0 Å². The molecule has 7 nitrogen and oxygen atoms in total. The molecule has 2 aromatic carbocycles. The molecule has 0 aliphatic carbocycles.